The van der Waals surface area contributed by atoms with Crippen molar-refractivity contribution in [3.63, 3.8) is 0 Å². The van der Waals surface area contributed by atoms with Crippen molar-refractivity contribution in [2.45, 2.75) is 6.92 Å². The highest BCUT2D eigenvalue weighted by atomic mass is 32.1. The Balaban J connectivity index is 2.01. The summed E-state index contributed by atoms with van der Waals surface area (Å²) in [4.78, 5) is 39.6. The zero-order valence-electron chi connectivity index (χ0n) is 13.3. The van der Waals surface area contributed by atoms with Gasteiger partial charge in [-0.15, -0.1) is 11.3 Å². The standard InChI is InChI=1S/C16H17N3O4S/c1-10-19-14(11-6-4-3-5-7-11)15(24-10)16(22)23-9-13(21)18-8-12(20)17-2/h3-7H,8-9H2,1-2H3,(H,17,20)(H,18,21). The molecule has 0 bridgehead atoms. The number of benzene rings is 1. The van der Waals surface area contributed by atoms with Crippen LogP contribution in [0.15, 0.2) is 30.3 Å². The second kappa shape index (κ2) is 8.21. The molecule has 8 heteroatoms. The maximum Gasteiger partial charge on any atom is 0.351 e. The molecule has 2 N–H and O–H groups in total. The van der Waals surface area contributed by atoms with Crippen LogP contribution in [0.25, 0.3) is 11.3 Å². The van der Waals surface area contributed by atoms with E-state index in [9.17, 15) is 14.4 Å². The van der Waals surface area contributed by atoms with Crippen molar-refractivity contribution in [1.29, 1.82) is 0 Å². The van der Waals surface area contributed by atoms with Crippen LogP contribution in [0.5, 0.6) is 0 Å². The maximum absolute atomic E-state index is 12.2. The molecular weight excluding hydrogens is 330 g/mol. The molecule has 0 unspecified atom stereocenters. The highest BCUT2D eigenvalue weighted by Crippen LogP contribution is 2.28. The van der Waals surface area contributed by atoms with Crippen molar-refractivity contribution in [2.75, 3.05) is 20.2 Å². The second-order valence-corrected chi connectivity index (χ2v) is 6.01. The Morgan fingerprint density at radius 2 is 1.88 bits per heavy atom. The van der Waals surface area contributed by atoms with Gasteiger partial charge in [-0.3, -0.25) is 9.59 Å². The first-order valence-corrected chi connectivity index (χ1v) is 8.00. The number of nitrogens with one attached hydrogen (secondary N) is 2. The van der Waals surface area contributed by atoms with Crippen LogP contribution < -0.4 is 10.6 Å². The molecule has 0 saturated heterocycles. The van der Waals surface area contributed by atoms with Crippen molar-refractivity contribution in [3.05, 3.63) is 40.2 Å². The third kappa shape index (κ3) is 4.63. The van der Waals surface area contributed by atoms with Gasteiger partial charge in [0.25, 0.3) is 5.91 Å². The van der Waals surface area contributed by atoms with E-state index in [-0.39, 0.29) is 12.5 Å². The van der Waals surface area contributed by atoms with Gasteiger partial charge in [0.15, 0.2) is 6.61 Å². The molecule has 24 heavy (non-hydrogen) atoms. The number of carbonyl (C=O) groups is 3. The van der Waals surface area contributed by atoms with Crippen molar-refractivity contribution in [2.24, 2.45) is 0 Å². The van der Waals surface area contributed by atoms with Crippen LogP contribution in [0, 0.1) is 6.92 Å². The molecular formula is C16H17N3O4S. The van der Waals surface area contributed by atoms with E-state index < -0.39 is 18.5 Å². The smallest absolute Gasteiger partial charge is 0.351 e. The van der Waals surface area contributed by atoms with Crippen LogP contribution in [-0.4, -0.2) is 43.0 Å². The Hall–Kier alpha value is -2.74. The minimum atomic E-state index is -0.616. The quantitative estimate of drug-likeness (QED) is 0.764. The van der Waals surface area contributed by atoms with Crippen molar-refractivity contribution in [1.82, 2.24) is 15.6 Å². The lowest BCUT2D eigenvalue weighted by Gasteiger charge is -2.06. The van der Waals surface area contributed by atoms with E-state index in [2.05, 4.69) is 15.6 Å². The van der Waals surface area contributed by atoms with Crippen LogP contribution in [0.2, 0.25) is 0 Å². The Morgan fingerprint density at radius 3 is 2.54 bits per heavy atom. The predicted octanol–water partition coefficient (Wildman–Crippen LogP) is 1.14. The number of aromatic nitrogens is 1. The molecule has 1 heterocycles. The first kappa shape index (κ1) is 17.6. The third-order valence-corrected chi connectivity index (χ3v) is 3.98. The van der Waals surface area contributed by atoms with Gasteiger partial charge in [0, 0.05) is 12.6 Å². The summed E-state index contributed by atoms with van der Waals surface area (Å²) in [5.41, 5.74) is 1.34. The van der Waals surface area contributed by atoms with Crippen molar-refractivity contribution in [3.8, 4) is 11.3 Å². The molecule has 2 aromatic rings. The summed E-state index contributed by atoms with van der Waals surface area (Å²) in [5.74, 6) is -1.50. The van der Waals surface area contributed by atoms with Crippen LogP contribution in [0.3, 0.4) is 0 Å². The van der Waals surface area contributed by atoms with Crippen molar-refractivity contribution < 1.29 is 19.1 Å². The number of hydrogen-bond donors (Lipinski definition) is 2. The van der Waals surface area contributed by atoms with Crippen LogP contribution in [0.1, 0.15) is 14.7 Å². The molecule has 1 aromatic heterocycles. The summed E-state index contributed by atoms with van der Waals surface area (Å²) in [6.45, 7) is 1.17. The molecule has 0 saturated carbocycles. The predicted molar refractivity (Wildman–Crippen MR) is 89.6 cm³/mol. The van der Waals surface area contributed by atoms with E-state index in [0.29, 0.717) is 10.6 Å². The topological polar surface area (TPSA) is 97.4 Å². The summed E-state index contributed by atoms with van der Waals surface area (Å²) in [7, 11) is 1.46. The largest absolute Gasteiger partial charge is 0.451 e. The molecule has 0 atom stereocenters. The second-order valence-electron chi connectivity index (χ2n) is 4.80. The fraction of sp³-hybridized carbons (Fsp3) is 0.250. The number of thiazole rings is 1. The summed E-state index contributed by atoms with van der Waals surface area (Å²) in [6.07, 6.45) is 0. The minimum Gasteiger partial charge on any atom is -0.451 e. The van der Waals surface area contributed by atoms with Gasteiger partial charge < -0.3 is 15.4 Å². The molecule has 0 aliphatic rings. The molecule has 0 radical (unpaired) electrons. The van der Waals surface area contributed by atoms with Crippen LogP contribution >= 0.6 is 11.3 Å². The fourth-order valence-electron chi connectivity index (χ4n) is 1.87. The Bertz CT molecular complexity index is 743. The maximum atomic E-state index is 12.2. The highest BCUT2D eigenvalue weighted by molar-refractivity contribution is 7.14. The van der Waals surface area contributed by atoms with Gasteiger partial charge in [-0.05, 0) is 6.92 Å². The number of amides is 2. The first-order valence-electron chi connectivity index (χ1n) is 7.18. The van der Waals surface area contributed by atoms with E-state index in [1.54, 1.807) is 6.92 Å². The number of aryl methyl sites for hydroxylation is 1. The number of nitrogens with zero attached hydrogens (tertiary/aromatic N) is 1. The first-order chi connectivity index (χ1) is 11.5. The van der Waals surface area contributed by atoms with Crippen molar-refractivity contribution >= 4 is 29.1 Å². The van der Waals surface area contributed by atoms with E-state index in [0.717, 1.165) is 10.6 Å². The summed E-state index contributed by atoms with van der Waals surface area (Å²) >= 11 is 1.21. The lowest BCUT2D eigenvalue weighted by atomic mass is 10.1. The monoisotopic (exact) mass is 347 g/mol. The van der Waals surface area contributed by atoms with E-state index >= 15 is 0 Å². The van der Waals surface area contributed by atoms with Gasteiger partial charge in [0.05, 0.1) is 17.2 Å². The number of carbonyl (C=O) groups excluding carboxylic acids is 3. The molecule has 2 amide bonds. The summed E-state index contributed by atoms with van der Waals surface area (Å²) < 4.78 is 5.02. The molecule has 126 valence electrons. The molecule has 0 aliphatic carbocycles. The van der Waals surface area contributed by atoms with Gasteiger partial charge in [-0.25, -0.2) is 9.78 Å². The summed E-state index contributed by atoms with van der Waals surface area (Å²) in [6, 6.07) is 9.27. The molecule has 0 spiro atoms. The number of rotatable bonds is 6. The van der Waals surface area contributed by atoms with Crippen LogP contribution in [0.4, 0.5) is 0 Å². The highest BCUT2D eigenvalue weighted by Gasteiger charge is 2.20. The fourth-order valence-corrected chi connectivity index (χ4v) is 2.71. The minimum absolute atomic E-state index is 0.165. The number of likely N-dealkylation sites (N-methyl/N-ethyl adjacent to an activating group) is 1. The Labute approximate surface area is 143 Å². The lowest BCUT2D eigenvalue weighted by molar-refractivity contribution is -0.127. The van der Waals surface area contributed by atoms with Gasteiger partial charge in [-0.2, -0.15) is 0 Å². The van der Waals surface area contributed by atoms with Gasteiger partial charge in [0.1, 0.15) is 4.88 Å². The van der Waals surface area contributed by atoms with Gasteiger partial charge in [0.2, 0.25) is 5.91 Å². The molecule has 2 rings (SSSR count). The van der Waals surface area contributed by atoms with Crippen LogP contribution in [-0.2, 0) is 14.3 Å². The van der Waals surface area contributed by atoms with Gasteiger partial charge in [-0.1, -0.05) is 30.3 Å². The van der Waals surface area contributed by atoms with E-state index in [4.69, 9.17) is 4.74 Å². The summed E-state index contributed by atoms with van der Waals surface area (Å²) in [5, 5.41) is 5.45. The normalized spacial score (nSPS) is 10.1. The Kier molecular flexibility index (Phi) is 6.02. The third-order valence-electron chi connectivity index (χ3n) is 3.03. The average molecular weight is 347 g/mol. The van der Waals surface area contributed by atoms with E-state index in [1.807, 2.05) is 30.3 Å². The number of hydrogen-bond acceptors (Lipinski definition) is 6. The SMILES string of the molecule is CNC(=O)CNC(=O)COC(=O)c1sc(C)nc1-c1ccccc1. The Morgan fingerprint density at radius 1 is 1.17 bits per heavy atom. The lowest BCUT2D eigenvalue weighted by Crippen LogP contribution is -2.37. The molecule has 0 aliphatic heterocycles. The molecule has 0 fully saturated rings. The average Bonchev–Trinajstić information content (AvgIpc) is 3.00. The van der Waals surface area contributed by atoms with E-state index in [1.165, 1.54) is 18.4 Å². The molecule has 1 aromatic carbocycles. The van der Waals surface area contributed by atoms with Gasteiger partial charge >= 0.3 is 5.97 Å². The molecule has 7 nitrogen and oxygen atoms in total. The number of esters is 1. The number of ether oxygens (including phenoxy) is 1. The zero-order valence-corrected chi connectivity index (χ0v) is 14.1. The zero-order chi connectivity index (χ0) is 17.5.